The number of ether oxygens (including phenoxy) is 2. The highest BCUT2D eigenvalue weighted by molar-refractivity contribution is 14.0. The van der Waals surface area contributed by atoms with Crippen LogP contribution in [0.25, 0.3) is 0 Å². The first kappa shape index (κ1) is 24.5. The zero-order valence-corrected chi connectivity index (χ0v) is 18.4. The number of hydrogen-bond acceptors (Lipinski definition) is 4. The van der Waals surface area contributed by atoms with E-state index in [-0.39, 0.29) is 36.4 Å². The lowest BCUT2D eigenvalue weighted by molar-refractivity contribution is -0.127. The standard InChI is InChI=1S/C18H30N4O3.HI/c1-22(2)17(23)14-21-18(19-11-5-13-24-3)20-12-10-15-6-8-16(25-4)9-7-15;/h6-9H,5,10-14H2,1-4H3,(H2,19,20,21);1H. The molecule has 1 aromatic rings. The van der Waals surface area contributed by atoms with Gasteiger partial charge >= 0.3 is 0 Å². The second-order valence-electron chi connectivity index (χ2n) is 5.75. The molecule has 1 amide bonds. The molecule has 0 aliphatic rings. The molecule has 0 heterocycles. The first-order chi connectivity index (χ1) is 12.1. The molecule has 0 aromatic heterocycles. The topological polar surface area (TPSA) is 75.2 Å². The van der Waals surface area contributed by atoms with Gasteiger partial charge < -0.3 is 25.0 Å². The Hall–Kier alpha value is -1.55. The first-order valence-corrected chi connectivity index (χ1v) is 8.41. The third-order valence-corrected chi connectivity index (χ3v) is 3.55. The van der Waals surface area contributed by atoms with E-state index in [1.165, 1.54) is 10.5 Å². The Labute approximate surface area is 173 Å². The van der Waals surface area contributed by atoms with E-state index in [1.807, 2.05) is 24.3 Å². The first-order valence-electron chi connectivity index (χ1n) is 8.41. The van der Waals surface area contributed by atoms with Crippen LogP contribution in [0.5, 0.6) is 5.75 Å². The number of rotatable bonds is 10. The van der Waals surface area contributed by atoms with E-state index in [0.717, 1.165) is 31.7 Å². The van der Waals surface area contributed by atoms with Crippen molar-refractivity contribution < 1.29 is 14.3 Å². The molecule has 0 bridgehead atoms. The predicted octanol–water partition coefficient (Wildman–Crippen LogP) is 1.52. The summed E-state index contributed by atoms with van der Waals surface area (Å²) in [4.78, 5) is 17.6. The molecular weight excluding hydrogens is 447 g/mol. The highest BCUT2D eigenvalue weighted by Crippen LogP contribution is 2.11. The molecule has 0 aliphatic carbocycles. The van der Waals surface area contributed by atoms with Crippen molar-refractivity contribution >= 4 is 35.8 Å². The molecule has 0 radical (unpaired) electrons. The number of methoxy groups -OCH3 is 2. The number of guanidine groups is 1. The van der Waals surface area contributed by atoms with Gasteiger partial charge in [0.05, 0.1) is 7.11 Å². The van der Waals surface area contributed by atoms with Crippen LogP contribution < -0.4 is 15.4 Å². The number of benzene rings is 1. The summed E-state index contributed by atoms with van der Waals surface area (Å²) in [6.45, 7) is 2.26. The van der Waals surface area contributed by atoms with Crippen molar-refractivity contribution in [2.45, 2.75) is 12.8 Å². The smallest absolute Gasteiger partial charge is 0.243 e. The normalized spacial score (nSPS) is 10.7. The molecule has 148 valence electrons. The maximum atomic E-state index is 11.7. The zero-order chi connectivity index (χ0) is 18.5. The molecule has 0 saturated heterocycles. The third kappa shape index (κ3) is 10.4. The van der Waals surface area contributed by atoms with Gasteiger partial charge in [-0.3, -0.25) is 4.79 Å². The quantitative estimate of drug-likeness (QED) is 0.231. The average molecular weight is 478 g/mol. The minimum Gasteiger partial charge on any atom is -0.497 e. The fourth-order valence-corrected chi connectivity index (χ4v) is 2.00. The summed E-state index contributed by atoms with van der Waals surface area (Å²) in [5, 5.41) is 6.49. The Morgan fingerprint density at radius 2 is 1.77 bits per heavy atom. The molecule has 0 atom stereocenters. The molecule has 0 fully saturated rings. The van der Waals surface area contributed by atoms with Crippen LogP contribution in [0.4, 0.5) is 0 Å². The summed E-state index contributed by atoms with van der Waals surface area (Å²) in [6, 6.07) is 7.98. The fourth-order valence-electron chi connectivity index (χ4n) is 2.00. The van der Waals surface area contributed by atoms with Crippen LogP contribution in [-0.4, -0.2) is 71.3 Å². The van der Waals surface area contributed by atoms with Crippen molar-refractivity contribution in [3.63, 3.8) is 0 Å². The number of halogens is 1. The summed E-state index contributed by atoms with van der Waals surface area (Å²) in [6.07, 6.45) is 1.72. The maximum Gasteiger partial charge on any atom is 0.243 e. The van der Waals surface area contributed by atoms with E-state index in [4.69, 9.17) is 9.47 Å². The van der Waals surface area contributed by atoms with Crippen molar-refractivity contribution in [3.8, 4) is 5.75 Å². The van der Waals surface area contributed by atoms with Gasteiger partial charge in [0.2, 0.25) is 5.91 Å². The summed E-state index contributed by atoms with van der Waals surface area (Å²) < 4.78 is 10.2. The van der Waals surface area contributed by atoms with Gasteiger partial charge in [0.25, 0.3) is 0 Å². The van der Waals surface area contributed by atoms with E-state index in [9.17, 15) is 4.79 Å². The molecule has 26 heavy (non-hydrogen) atoms. The van der Waals surface area contributed by atoms with Crippen LogP contribution in [-0.2, 0) is 16.0 Å². The number of carbonyl (C=O) groups is 1. The van der Waals surface area contributed by atoms with E-state index in [2.05, 4.69) is 15.6 Å². The highest BCUT2D eigenvalue weighted by atomic mass is 127. The molecule has 8 heteroatoms. The van der Waals surface area contributed by atoms with Crippen molar-refractivity contribution in [3.05, 3.63) is 29.8 Å². The lowest BCUT2D eigenvalue weighted by Gasteiger charge is -2.14. The van der Waals surface area contributed by atoms with Crippen LogP contribution in [0.15, 0.2) is 29.3 Å². The summed E-state index contributed by atoms with van der Waals surface area (Å²) >= 11 is 0. The third-order valence-electron chi connectivity index (χ3n) is 3.55. The monoisotopic (exact) mass is 478 g/mol. The summed E-state index contributed by atoms with van der Waals surface area (Å²) in [7, 11) is 6.78. The lowest BCUT2D eigenvalue weighted by Crippen LogP contribution is -2.40. The molecule has 0 aliphatic heterocycles. The Morgan fingerprint density at radius 3 is 2.35 bits per heavy atom. The van der Waals surface area contributed by atoms with Gasteiger partial charge in [-0.05, 0) is 30.5 Å². The van der Waals surface area contributed by atoms with Crippen LogP contribution in [0.3, 0.4) is 0 Å². The zero-order valence-electron chi connectivity index (χ0n) is 16.1. The van der Waals surface area contributed by atoms with Crippen LogP contribution in [0.1, 0.15) is 12.0 Å². The number of hydrogen-bond donors (Lipinski definition) is 2. The molecule has 0 saturated carbocycles. The lowest BCUT2D eigenvalue weighted by atomic mass is 10.1. The average Bonchev–Trinajstić information content (AvgIpc) is 2.62. The van der Waals surface area contributed by atoms with Gasteiger partial charge in [-0.2, -0.15) is 0 Å². The Kier molecular flexibility index (Phi) is 13.7. The second-order valence-corrected chi connectivity index (χ2v) is 5.75. The Morgan fingerprint density at radius 1 is 1.12 bits per heavy atom. The molecular formula is C18H31IN4O3. The van der Waals surface area contributed by atoms with Crippen LogP contribution in [0, 0.1) is 0 Å². The van der Waals surface area contributed by atoms with Crippen LogP contribution in [0.2, 0.25) is 0 Å². The summed E-state index contributed by atoms with van der Waals surface area (Å²) in [5.41, 5.74) is 1.21. The fraction of sp³-hybridized carbons (Fsp3) is 0.556. The number of amides is 1. The minimum absolute atomic E-state index is 0. The van der Waals surface area contributed by atoms with Crippen LogP contribution >= 0.6 is 24.0 Å². The van der Waals surface area contributed by atoms with E-state index in [0.29, 0.717) is 12.6 Å². The van der Waals surface area contributed by atoms with Gasteiger partial charge in [-0.25, -0.2) is 4.99 Å². The van der Waals surface area contributed by atoms with Crippen molar-refractivity contribution in [1.82, 2.24) is 15.5 Å². The van der Waals surface area contributed by atoms with Gasteiger partial charge in [-0.15, -0.1) is 24.0 Å². The van der Waals surface area contributed by atoms with Gasteiger partial charge in [0.1, 0.15) is 12.3 Å². The molecule has 0 spiro atoms. The van der Waals surface area contributed by atoms with Gasteiger partial charge in [0.15, 0.2) is 5.96 Å². The van der Waals surface area contributed by atoms with E-state index >= 15 is 0 Å². The molecule has 1 aromatic carbocycles. The number of likely N-dealkylation sites (N-methyl/N-ethyl adjacent to an activating group) is 1. The maximum absolute atomic E-state index is 11.7. The summed E-state index contributed by atoms with van der Waals surface area (Å²) in [5.74, 6) is 1.45. The largest absolute Gasteiger partial charge is 0.497 e. The number of nitrogens with one attached hydrogen (secondary N) is 2. The predicted molar refractivity (Wildman–Crippen MR) is 116 cm³/mol. The Balaban J connectivity index is 0.00000625. The van der Waals surface area contributed by atoms with Gasteiger partial charge in [0, 0.05) is 40.9 Å². The second kappa shape index (κ2) is 14.6. The molecule has 1 rings (SSSR count). The van der Waals surface area contributed by atoms with Crippen molar-refractivity contribution in [2.75, 3.05) is 54.6 Å². The number of carbonyl (C=O) groups excluding carboxylic acids is 1. The Bertz CT molecular complexity index is 536. The molecule has 7 nitrogen and oxygen atoms in total. The SMILES string of the molecule is COCCCNC(=NCC(=O)N(C)C)NCCc1ccc(OC)cc1.I. The van der Waals surface area contributed by atoms with Gasteiger partial charge in [-0.1, -0.05) is 12.1 Å². The number of aliphatic imine (C=N–C) groups is 1. The molecule has 2 N–H and O–H groups in total. The number of nitrogens with zero attached hydrogens (tertiary/aromatic N) is 2. The van der Waals surface area contributed by atoms with Crippen molar-refractivity contribution in [2.24, 2.45) is 4.99 Å². The van der Waals surface area contributed by atoms with E-state index < -0.39 is 0 Å². The highest BCUT2D eigenvalue weighted by Gasteiger charge is 2.04. The van der Waals surface area contributed by atoms with Crippen molar-refractivity contribution in [1.29, 1.82) is 0 Å². The molecule has 0 unspecified atom stereocenters. The van der Waals surface area contributed by atoms with E-state index in [1.54, 1.807) is 28.3 Å². The minimum atomic E-state index is -0.0341.